The lowest BCUT2D eigenvalue weighted by atomic mass is 10.1. The molecule has 0 unspecified atom stereocenters. The van der Waals surface area contributed by atoms with Gasteiger partial charge in [0, 0.05) is 22.1 Å². The van der Waals surface area contributed by atoms with Gasteiger partial charge in [0.05, 0.1) is 12.5 Å². The number of furan rings is 1. The number of hydrogen-bond acceptors (Lipinski definition) is 2. The van der Waals surface area contributed by atoms with Gasteiger partial charge in [-0.05, 0) is 30.7 Å². The molecule has 0 atom stereocenters. The van der Waals surface area contributed by atoms with Crippen molar-refractivity contribution in [3.8, 4) is 0 Å². The van der Waals surface area contributed by atoms with E-state index in [0.29, 0.717) is 12.1 Å². The second kappa shape index (κ2) is 5.19. The lowest BCUT2D eigenvalue weighted by Gasteiger charge is -2.07. The van der Waals surface area contributed by atoms with Crippen molar-refractivity contribution in [1.29, 1.82) is 0 Å². The van der Waals surface area contributed by atoms with Crippen LogP contribution in [0.3, 0.4) is 0 Å². The van der Waals surface area contributed by atoms with Crippen LogP contribution in [0.4, 0.5) is 0 Å². The van der Waals surface area contributed by atoms with Gasteiger partial charge in [-0.3, -0.25) is 4.79 Å². The Bertz CT molecular complexity index is 520. The highest BCUT2D eigenvalue weighted by Gasteiger charge is 2.09. The minimum Gasteiger partial charge on any atom is -0.472 e. The topological polar surface area (TPSA) is 42.2 Å². The second-order valence-corrected chi connectivity index (χ2v) is 4.69. The molecule has 1 aromatic carbocycles. The maximum absolute atomic E-state index is 12.0. The van der Waals surface area contributed by atoms with Crippen molar-refractivity contribution >= 4 is 21.8 Å². The molecule has 17 heavy (non-hydrogen) atoms. The van der Waals surface area contributed by atoms with Crippen LogP contribution < -0.4 is 5.32 Å². The van der Waals surface area contributed by atoms with Crippen molar-refractivity contribution in [1.82, 2.24) is 5.32 Å². The predicted molar refractivity (Wildman–Crippen MR) is 68.8 cm³/mol. The van der Waals surface area contributed by atoms with Crippen molar-refractivity contribution in [2.75, 3.05) is 0 Å². The first kappa shape index (κ1) is 11.9. The van der Waals surface area contributed by atoms with Crippen LogP contribution in [0.15, 0.2) is 45.7 Å². The first-order chi connectivity index (χ1) is 8.16. The number of benzene rings is 1. The summed E-state index contributed by atoms with van der Waals surface area (Å²) in [7, 11) is 0. The first-order valence-corrected chi connectivity index (χ1v) is 6.01. The Labute approximate surface area is 108 Å². The van der Waals surface area contributed by atoms with E-state index >= 15 is 0 Å². The third-order valence-electron chi connectivity index (χ3n) is 2.48. The van der Waals surface area contributed by atoms with E-state index in [1.165, 1.54) is 0 Å². The molecule has 0 spiro atoms. The monoisotopic (exact) mass is 293 g/mol. The van der Waals surface area contributed by atoms with Crippen molar-refractivity contribution in [3.63, 3.8) is 0 Å². The standard InChI is InChI=1S/C13H12BrNO2/c1-9-2-3-11(14)6-12(9)13(16)15-7-10-4-5-17-8-10/h2-6,8H,7H2,1H3,(H,15,16). The van der Waals surface area contributed by atoms with E-state index in [-0.39, 0.29) is 5.91 Å². The summed E-state index contributed by atoms with van der Waals surface area (Å²) < 4.78 is 5.84. The van der Waals surface area contributed by atoms with Crippen molar-refractivity contribution in [2.45, 2.75) is 13.5 Å². The van der Waals surface area contributed by atoms with Gasteiger partial charge in [0.25, 0.3) is 5.91 Å². The van der Waals surface area contributed by atoms with Crippen LogP contribution in [0.2, 0.25) is 0 Å². The minimum absolute atomic E-state index is 0.0787. The molecule has 0 radical (unpaired) electrons. The Morgan fingerprint density at radius 3 is 2.94 bits per heavy atom. The zero-order valence-electron chi connectivity index (χ0n) is 9.37. The van der Waals surface area contributed by atoms with Gasteiger partial charge in [0.1, 0.15) is 0 Å². The van der Waals surface area contributed by atoms with Crippen LogP contribution in [-0.4, -0.2) is 5.91 Å². The van der Waals surface area contributed by atoms with Gasteiger partial charge < -0.3 is 9.73 Å². The van der Waals surface area contributed by atoms with Crippen molar-refractivity contribution < 1.29 is 9.21 Å². The predicted octanol–water partition coefficient (Wildman–Crippen LogP) is 3.28. The number of hydrogen-bond donors (Lipinski definition) is 1. The third kappa shape index (κ3) is 2.97. The van der Waals surface area contributed by atoms with Crippen LogP contribution in [0, 0.1) is 6.92 Å². The summed E-state index contributed by atoms with van der Waals surface area (Å²) in [4.78, 5) is 12.0. The summed E-state index contributed by atoms with van der Waals surface area (Å²) in [5.41, 5.74) is 2.59. The highest BCUT2D eigenvalue weighted by Crippen LogP contribution is 2.16. The zero-order valence-corrected chi connectivity index (χ0v) is 11.0. The molecule has 0 saturated heterocycles. The lowest BCUT2D eigenvalue weighted by molar-refractivity contribution is 0.0950. The maximum Gasteiger partial charge on any atom is 0.251 e. The number of nitrogens with one attached hydrogen (secondary N) is 1. The summed E-state index contributed by atoms with van der Waals surface area (Å²) in [6.45, 7) is 2.39. The van der Waals surface area contributed by atoms with Crippen LogP contribution in [-0.2, 0) is 6.54 Å². The fourth-order valence-corrected chi connectivity index (χ4v) is 1.87. The molecule has 0 aliphatic heterocycles. The maximum atomic E-state index is 12.0. The Morgan fingerprint density at radius 2 is 2.24 bits per heavy atom. The molecule has 1 aromatic heterocycles. The number of carbonyl (C=O) groups excluding carboxylic acids is 1. The summed E-state index contributed by atoms with van der Waals surface area (Å²) in [6, 6.07) is 7.48. The molecule has 4 heteroatoms. The molecule has 0 fully saturated rings. The van der Waals surface area contributed by atoms with E-state index < -0.39 is 0 Å². The molecule has 2 rings (SSSR count). The number of carbonyl (C=O) groups is 1. The lowest BCUT2D eigenvalue weighted by Crippen LogP contribution is -2.23. The van der Waals surface area contributed by atoms with Gasteiger partial charge in [-0.15, -0.1) is 0 Å². The number of rotatable bonds is 3. The molecule has 1 heterocycles. The summed E-state index contributed by atoms with van der Waals surface area (Å²) in [6.07, 6.45) is 3.21. The molecule has 1 amide bonds. The molecule has 2 aromatic rings. The molecule has 3 nitrogen and oxygen atoms in total. The third-order valence-corrected chi connectivity index (χ3v) is 2.97. The largest absolute Gasteiger partial charge is 0.472 e. The quantitative estimate of drug-likeness (QED) is 0.944. The van der Waals surface area contributed by atoms with E-state index in [2.05, 4.69) is 21.2 Å². The molecule has 0 aliphatic rings. The Kier molecular flexibility index (Phi) is 3.64. The molecule has 0 aliphatic carbocycles. The molecule has 1 N–H and O–H groups in total. The van der Waals surface area contributed by atoms with Gasteiger partial charge in [0.2, 0.25) is 0 Å². The van der Waals surface area contributed by atoms with Crippen LogP contribution in [0.5, 0.6) is 0 Å². The average Bonchev–Trinajstić information content (AvgIpc) is 2.82. The molecule has 0 saturated carbocycles. The van der Waals surface area contributed by atoms with Gasteiger partial charge in [-0.1, -0.05) is 22.0 Å². The Balaban J connectivity index is 2.07. The van der Waals surface area contributed by atoms with Gasteiger partial charge >= 0.3 is 0 Å². The smallest absolute Gasteiger partial charge is 0.251 e. The van der Waals surface area contributed by atoms with E-state index in [0.717, 1.165) is 15.6 Å². The van der Waals surface area contributed by atoms with Crippen LogP contribution in [0.1, 0.15) is 21.5 Å². The zero-order chi connectivity index (χ0) is 12.3. The number of halogens is 1. The second-order valence-electron chi connectivity index (χ2n) is 3.77. The summed E-state index contributed by atoms with van der Waals surface area (Å²) in [5.74, 6) is -0.0787. The summed E-state index contributed by atoms with van der Waals surface area (Å²) in [5, 5.41) is 2.85. The highest BCUT2D eigenvalue weighted by molar-refractivity contribution is 9.10. The molecule has 0 bridgehead atoms. The minimum atomic E-state index is -0.0787. The first-order valence-electron chi connectivity index (χ1n) is 5.22. The fraction of sp³-hybridized carbons (Fsp3) is 0.154. The normalized spacial score (nSPS) is 10.2. The van der Waals surface area contributed by atoms with Crippen LogP contribution in [0.25, 0.3) is 0 Å². The molecular weight excluding hydrogens is 282 g/mol. The Hall–Kier alpha value is -1.55. The van der Waals surface area contributed by atoms with E-state index in [9.17, 15) is 4.79 Å². The average molecular weight is 294 g/mol. The van der Waals surface area contributed by atoms with Crippen molar-refractivity contribution in [2.24, 2.45) is 0 Å². The van der Waals surface area contributed by atoms with Gasteiger partial charge in [-0.2, -0.15) is 0 Å². The Morgan fingerprint density at radius 1 is 1.41 bits per heavy atom. The van der Waals surface area contributed by atoms with E-state index in [4.69, 9.17) is 4.42 Å². The van der Waals surface area contributed by atoms with Gasteiger partial charge in [0.15, 0.2) is 0 Å². The van der Waals surface area contributed by atoms with E-state index in [1.807, 2.05) is 31.2 Å². The fourth-order valence-electron chi connectivity index (χ4n) is 1.51. The molecular formula is C13H12BrNO2. The van der Waals surface area contributed by atoms with Crippen molar-refractivity contribution in [3.05, 3.63) is 58.0 Å². The number of aryl methyl sites for hydroxylation is 1. The van der Waals surface area contributed by atoms with Gasteiger partial charge in [-0.25, -0.2) is 0 Å². The van der Waals surface area contributed by atoms with Crippen LogP contribution >= 0.6 is 15.9 Å². The van der Waals surface area contributed by atoms with E-state index in [1.54, 1.807) is 12.5 Å². The molecule has 88 valence electrons. The number of amides is 1. The highest BCUT2D eigenvalue weighted by atomic mass is 79.9. The SMILES string of the molecule is Cc1ccc(Br)cc1C(=O)NCc1ccoc1. The summed E-state index contributed by atoms with van der Waals surface area (Å²) >= 11 is 3.36.